The topological polar surface area (TPSA) is 64.6 Å². The fraction of sp³-hybridized carbons (Fsp3) is 0.579. The van der Waals surface area contributed by atoms with E-state index in [2.05, 4.69) is 5.32 Å². The number of nitrogens with one attached hydrogen (secondary N) is 1. The van der Waals surface area contributed by atoms with Gasteiger partial charge in [-0.15, -0.1) is 0 Å². The van der Waals surface area contributed by atoms with Gasteiger partial charge in [-0.05, 0) is 31.0 Å². The van der Waals surface area contributed by atoms with Crippen LogP contribution in [0.4, 0.5) is 0 Å². The van der Waals surface area contributed by atoms with Gasteiger partial charge in [0, 0.05) is 24.4 Å². The number of ether oxygens (including phenoxy) is 2. The number of benzene rings is 1. The Morgan fingerprint density at radius 3 is 2.42 bits per heavy atom. The molecular weight excluding hydrogens is 306 g/mol. The summed E-state index contributed by atoms with van der Waals surface area (Å²) in [6.07, 6.45) is 7.46. The highest BCUT2D eigenvalue weighted by atomic mass is 16.6. The molecule has 0 bridgehead atoms. The molecule has 1 aromatic carbocycles. The van der Waals surface area contributed by atoms with Gasteiger partial charge in [-0.2, -0.15) is 0 Å². The van der Waals surface area contributed by atoms with E-state index in [1.54, 1.807) is 18.2 Å². The van der Waals surface area contributed by atoms with Crippen LogP contribution in [0.1, 0.15) is 61.7 Å². The van der Waals surface area contributed by atoms with E-state index in [9.17, 15) is 9.59 Å². The van der Waals surface area contributed by atoms with E-state index in [4.69, 9.17) is 9.47 Å². The summed E-state index contributed by atoms with van der Waals surface area (Å²) in [6.45, 7) is 1.02. The molecular formula is C19H25NO4. The molecule has 1 amide bonds. The summed E-state index contributed by atoms with van der Waals surface area (Å²) < 4.78 is 10.9. The zero-order valence-electron chi connectivity index (χ0n) is 14.0. The second-order valence-corrected chi connectivity index (χ2v) is 6.54. The third kappa shape index (κ3) is 4.49. The van der Waals surface area contributed by atoms with Gasteiger partial charge in [-0.3, -0.25) is 9.59 Å². The van der Waals surface area contributed by atoms with Gasteiger partial charge < -0.3 is 14.8 Å². The number of carbonyl (C=O) groups excluding carboxylic acids is 2. The normalized spacial score (nSPS) is 17.8. The Kier molecular flexibility index (Phi) is 5.72. The van der Waals surface area contributed by atoms with E-state index in [1.807, 2.05) is 0 Å². The van der Waals surface area contributed by atoms with Crippen LogP contribution < -0.4 is 14.8 Å². The molecule has 130 valence electrons. The Labute approximate surface area is 142 Å². The van der Waals surface area contributed by atoms with Gasteiger partial charge in [-0.25, -0.2) is 0 Å². The molecule has 5 nitrogen and oxygen atoms in total. The first-order chi connectivity index (χ1) is 11.7. The van der Waals surface area contributed by atoms with Crippen LogP contribution in [-0.2, 0) is 4.79 Å². The quantitative estimate of drug-likeness (QED) is 0.664. The van der Waals surface area contributed by atoms with Crippen LogP contribution in [0.3, 0.4) is 0 Å². The number of amides is 1. The van der Waals surface area contributed by atoms with E-state index in [-0.39, 0.29) is 30.6 Å². The van der Waals surface area contributed by atoms with Crippen LogP contribution in [-0.4, -0.2) is 30.9 Å². The first-order valence-corrected chi connectivity index (χ1v) is 8.94. The number of hydrogen-bond acceptors (Lipinski definition) is 4. The number of carbonyl (C=O) groups is 2. The standard InChI is InChI=1S/C19H25NO4/c21-16(14-7-9-17-18(13-14)24-12-11-23-17)8-10-19(22)20-15-5-3-1-2-4-6-15/h7,9,13,15H,1-6,8,10-12H2,(H,20,22). The minimum Gasteiger partial charge on any atom is -0.486 e. The Hall–Kier alpha value is -2.04. The summed E-state index contributed by atoms with van der Waals surface area (Å²) in [7, 11) is 0. The Morgan fingerprint density at radius 1 is 0.958 bits per heavy atom. The molecule has 5 heteroatoms. The second kappa shape index (κ2) is 8.18. The maximum atomic E-state index is 12.3. The molecule has 0 atom stereocenters. The van der Waals surface area contributed by atoms with Crippen LogP contribution in [0.2, 0.25) is 0 Å². The van der Waals surface area contributed by atoms with Crippen molar-refractivity contribution >= 4 is 11.7 Å². The Bertz CT molecular complexity index is 591. The molecule has 1 fully saturated rings. The third-order valence-electron chi connectivity index (χ3n) is 4.66. The fourth-order valence-electron chi connectivity index (χ4n) is 3.31. The average molecular weight is 331 g/mol. The summed E-state index contributed by atoms with van der Waals surface area (Å²) in [5, 5.41) is 3.08. The van der Waals surface area contributed by atoms with E-state index in [0.717, 1.165) is 12.8 Å². The van der Waals surface area contributed by atoms with Crippen LogP contribution in [0.25, 0.3) is 0 Å². The first kappa shape index (κ1) is 16.8. The molecule has 1 saturated carbocycles. The lowest BCUT2D eigenvalue weighted by molar-refractivity contribution is -0.121. The van der Waals surface area contributed by atoms with Crippen molar-refractivity contribution in [1.29, 1.82) is 0 Å². The molecule has 3 rings (SSSR count). The van der Waals surface area contributed by atoms with Crippen molar-refractivity contribution in [3.8, 4) is 11.5 Å². The van der Waals surface area contributed by atoms with E-state index in [0.29, 0.717) is 30.3 Å². The lowest BCUT2D eigenvalue weighted by Gasteiger charge is -2.18. The molecule has 1 N–H and O–H groups in total. The molecule has 0 aromatic heterocycles. The molecule has 24 heavy (non-hydrogen) atoms. The maximum absolute atomic E-state index is 12.3. The van der Waals surface area contributed by atoms with Crippen LogP contribution >= 0.6 is 0 Å². The fourth-order valence-corrected chi connectivity index (χ4v) is 3.31. The molecule has 0 spiro atoms. The molecule has 1 aliphatic heterocycles. The van der Waals surface area contributed by atoms with Crippen LogP contribution in [0.15, 0.2) is 18.2 Å². The van der Waals surface area contributed by atoms with Gasteiger partial charge >= 0.3 is 0 Å². The first-order valence-electron chi connectivity index (χ1n) is 8.94. The summed E-state index contributed by atoms with van der Waals surface area (Å²) in [5.74, 6) is 1.22. The van der Waals surface area contributed by atoms with Crippen molar-refractivity contribution in [2.45, 2.75) is 57.4 Å². The summed E-state index contributed by atoms with van der Waals surface area (Å²) in [5.41, 5.74) is 0.571. The molecule has 1 aliphatic carbocycles. The third-order valence-corrected chi connectivity index (χ3v) is 4.66. The summed E-state index contributed by atoms with van der Waals surface area (Å²) in [6, 6.07) is 5.48. The van der Waals surface area contributed by atoms with Crippen molar-refractivity contribution in [1.82, 2.24) is 5.32 Å². The van der Waals surface area contributed by atoms with Gasteiger partial charge in [0.25, 0.3) is 0 Å². The molecule has 1 aromatic rings. The SMILES string of the molecule is O=C(CCC(=O)c1ccc2c(c1)OCCO2)NC1CCCCCC1. The summed E-state index contributed by atoms with van der Waals surface area (Å²) >= 11 is 0. The van der Waals surface area contributed by atoms with E-state index >= 15 is 0 Å². The van der Waals surface area contributed by atoms with Crippen molar-refractivity contribution in [2.75, 3.05) is 13.2 Å². The highest BCUT2D eigenvalue weighted by Crippen LogP contribution is 2.31. The van der Waals surface area contributed by atoms with E-state index in [1.165, 1.54) is 25.7 Å². The predicted octanol–water partition coefficient (Wildman–Crippen LogP) is 3.26. The van der Waals surface area contributed by atoms with Crippen molar-refractivity contribution < 1.29 is 19.1 Å². The lowest BCUT2D eigenvalue weighted by atomic mass is 10.0. The van der Waals surface area contributed by atoms with Gasteiger partial charge in [0.1, 0.15) is 13.2 Å². The van der Waals surface area contributed by atoms with Crippen molar-refractivity contribution in [3.05, 3.63) is 23.8 Å². The number of Topliss-reactive ketones (excluding diaryl/α,β-unsaturated/α-hetero) is 1. The van der Waals surface area contributed by atoms with Crippen molar-refractivity contribution in [2.24, 2.45) is 0 Å². The smallest absolute Gasteiger partial charge is 0.220 e. The molecule has 1 heterocycles. The largest absolute Gasteiger partial charge is 0.486 e. The zero-order valence-corrected chi connectivity index (χ0v) is 14.0. The van der Waals surface area contributed by atoms with Crippen LogP contribution in [0.5, 0.6) is 11.5 Å². The monoisotopic (exact) mass is 331 g/mol. The minimum atomic E-state index is -0.0389. The van der Waals surface area contributed by atoms with E-state index < -0.39 is 0 Å². The zero-order chi connectivity index (χ0) is 16.8. The molecule has 0 unspecified atom stereocenters. The van der Waals surface area contributed by atoms with Crippen LogP contribution in [0, 0.1) is 0 Å². The number of ketones is 1. The Morgan fingerprint density at radius 2 is 1.67 bits per heavy atom. The predicted molar refractivity (Wildman–Crippen MR) is 90.6 cm³/mol. The molecule has 2 aliphatic rings. The van der Waals surface area contributed by atoms with Crippen molar-refractivity contribution in [3.63, 3.8) is 0 Å². The average Bonchev–Trinajstić information content (AvgIpc) is 2.88. The summed E-state index contributed by atoms with van der Waals surface area (Å²) in [4.78, 5) is 24.4. The number of rotatable bonds is 5. The Balaban J connectivity index is 1.48. The number of hydrogen-bond donors (Lipinski definition) is 1. The highest BCUT2D eigenvalue weighted by Gasteiger charge is 2.18. The molecule has 0 saturated heterocycles. The van der Waals surface area contributed by atoms with Gasteiger partial charge in [0.2, 0.25) is 5.91 Å². The molecule has 0 radical (unpaired) electrons. The van der Waals surface area contributed by atoms with Gasteiger partial charge in [-0.1, -0.05) is 25.7 Å². The van der Waals surface area contributed by atoms with Gasteiger partial charge in [0.15, 0.2) is 17.3 Å². The lowest BCUT2D eigenvalue weighted by Crippen LogP contribution is -2.34. The maximum Gasteiger partial charge on any atom is 0.220 e. The van der Waals surface area contributed by atoms with Gasteiger partial charge in [0.05, 0.1) is 0 Å². The number of fused-ring (bicyclic) bond motifs is 1. The second-order valence-electron chi connectivity index (χ2n) is 6.54. The minimum absolute atomic E-state index is 0.0206. The highest BCUT2D eigenvalue weighted by molar-refractivity contribution is 5.98.